The standard InChI is InChI=1S/C17H21NO3/c1-3-7-18(8-4-2,11-16-13-21-16)10-14-5-6-17(20)15(9-14)12-19/h3-6,9,12,16H,1-2,7-8,10-11,13H2/p+1. The zero-order chi connectivity index (χ0) is 15.3. The molecule has 1 aromatic rings. The second kappa shape index (κ2) is 6.70. The third-order valence-electron chi connectivity index (χ3n) is 3.76. The Balaban J connectivity index is 2.25. The second-order valence-electron chi connectivity index (χ2n) is 5.59. The molecule has 1 N–H and O–H groups in total. The van der Waals surface area contributed by atoms with E-state index in [0.29, 0.717) is 18.0 Å². The predicted octanol–water partition coefficient (Wildman–Crippen LogP) is 2.29. The average Bonchev–Trinajstić information content (AvgIpc) is 3.25. The normalized spacial score (nSPS) is 17.2. The largest absolute Gasteiger partial charge is 0.507 e. The molecule has 1 fully saturated rings. The molecule has 1 aliphatic rings. The molecule has 2 rings (SSSR count). The van der Waals surface area contributed by atoms with E-state index in [4.69, 9.17) is 4.74 Å². The number of phenols is 1. The Hall–Kier alpha value is -1.91. The highest BCUT2D eigenvalue weighted by Gasteiger charge is 2.36. The highest BCUT2D eigenvalue weighted by Crippen LogP contribution is 2.24. The molecule has 0 bridgehead atoms. The SMILES string of the molecule is C=CC[N+](CC=C)(Cc1ccc(O)c(C=O)c1)CC1CO1. The number of rotatable bonds is 9. The summed E-state index contributed by atoms with van der Waals surface area (Å²) in [6, 6.07) is 5.17. The van der Waals surface area contributed by atoms with Gasteiger partial charge in [-0.25, -0.2) is 0 Å². The van der Waals surface area contributed by atoms with Gasteiger partial charge in [0.25, 0.3) is 0 Å². The second-order valence-corrected chi connectivity index (χ2v) is 5.59. The molecule has 1 saturated heterocycles. The van der Waals surface area contributed by atoms with Gasteiger partial charge in [-0.2, -0.15) is 0 Å². The molecule has 1 aliphatic heterocycles. The number of carbonyl (C=O) groups is 1. The first-order valence-corrected chi connectivity index (χ1v) is 7.08. The molecule has 0 aliphatic carbocycles. The lowest BCUT2D eigenvalue weighted by atomic mass is 10.1. The van der Waals surface area contributed by atoms with Crippen LogP contribution < -0.4 is 0 Å². The van der Waals surface area contributed by atoms with Crippen molar-refractivity contribution >= 4 is 6.29 Å². The molecule has 112 valence electrons. The van der Waals surface area contributed by atoms with Crippen LogP contribution in [0.15, 0.2) is 43.5 Å². The Labute approximate surface area is 125 Å². The van der Waals surface area contributed by atoms with Crippen molar-refractivity contribution < 1.29 is 19.1 Å². The molecule has 1 aromatic carbocycles. The van der Waals surface area contributed by atoms with Crippen LogP contribution in [0, 0.1) is 0 Å². The van der Waals surface area contributed by atoms with Crippen molar-refractivity contribution in [3.8, 4) is 5.75 Å². The molecule has 4 heteroatoms. The number of aldehydes is 1. The Morgan fingerprint density at radius 1 is 1.33 bits per heavy atom. The van der Waals surface area contributed by atoms with E-state index in [-0.39, 0.29) is 5.75 Å². The first-order chi connectivity index (χ1) is 10.1. The van der Waals surface area contributed by atoms with Gasteiger partial charge in [0.15, 0.2) is 6.29 Å². The summed E-state index contributed by atoms with van der Waals surface area (Å²) in [5, 5.41) is 9.61. The number of phenolic OH excluding ortho intramolecular Hbond substituents is 1. The van der Waals surface area contributed by atoms with Crippen LogP contribution in [0.4, 0.5) is 0 Å². The molecule has 0 aromatic heterocycles. The van der Waals surface area contributed by atoms with Crippen molar-refractivity contribution in [2.45, 2.75) is 12.6 Å². The van der Waals surface area contributed by atoms with Crippen molar-refractivity contribution in [1.29, 1.82) is 0 Å². The zero-order valence-electron chi connectivity index (χ0n) is 12.2. The molecule has 0 saturated carbocycles. The number of nitrogens with zero attached hydrogens (tertiary/aromatic N) is 1. The topological polar surface area (TPSA) is 49.8 Å². The Morgan fingerprint density at radius 3 is 2.52 bits per heavy atom. The van der Waals surface area contributed by atoms with Crippen LogP contribution in [0.25, 0.3) is 0 Å². The lowest BCUT2D eigenvalue weighted by molar-refractivity contribution is -0.930. The maximum absolute atomic E-state index is 11.0. The lowest BCUT2D eigenvalue weighted by Crippen LogP contribution is -2.50. The molecule has 21 heavy (non-hydrogen) atoms. The molecule has 1 unspecified atom stereocenters. The molecule has 0 amide bonds. The van der Waals surface area contributed by atoms with Crippen LogP contribution in [0.2, 0.25) is 0 Å². The molecular weight excluding hydrogens is 266 g/mol. The number of epoxide rings is 1. The van der Waals surface area contributed by atoms with Gasteiger partial charge in [0, 0.05) is 5.56 Å². The summed E-state index contributed by atoms with van der Waals surface area (Å²) in [6.45, 7) is 11.8. The average molecular weight is 288 g/mol. The minimum absolute atomic E-state index is 0.0183. The number of benzene rings is 1. The monoisotopic (exact) mass is 288 g/mol. The van der Waals surface area contributed by atoms with Gasteiger partial charge < -0.3 is 14.3 Å². The lowest BCUT2D eigenvalue weighted by Gasteiger charge is -2.37. The molecule has 4 nitrogen and oxygen atoms in total. The number of hydrogen-bond donors (Lipinski definition) is 1. The fourth-order valence-corrected chi connectivity index (χ4v) is 2.75. The summed E-state index contributed by atoms with van der Waals surface area (Å²) in [5.41, 5.74) is 1.34. The van der Waals surface area contributed by atoms with Gasteiger partial charge >= 0.3 is 0 Å². The van der Waals surface area contributed by atoms with Crippen molar-refractivity contribution in [2.75, 3.05) is 26.2 Å². The Morgan fingerprint density at radius 2 is 2.00 bits per heavy atom. The van der Waals surface area contributed by atoms with Crippen molar-refractivity contribution in [2.24, 2.45) is 0 Å². The van der Waals surface area contributed by atoms with Gasteiger partial charge in [-0.05, 0) is 30.4 Å². The minimum Gasteiger partial charge on any atom is -0.507 e. The summed E-state index contributed by atoms with van der Waals surface area (Å²) in [6.07, 6.45) is 4.80. The van der Waals surface area contributed by atoms with E-state index in [0.717, 1.165) is 42.8 Å². The van der Waals surface area contributed by atoms with Gasteiger partial charge in [0.05, 0.1) is 25.3 Å². The van der Waals surface area contributed by atoms with Crippen molar-refractivity contribution in [3.05, 3.63) is 54.6 Å². The molecule has 1 heterocycles. The first-order valence-electron chi connectivity index (χ1n) is 7.08. The fraction of sp³-hybridized carbons (Fsp3) is 0.353. The van der Waals surface area contributed by atoms with Crippen LogP contribution >= 0.6 is 0 Å². The van der Waals surface area contributed by atoms with Gasteiger partial charge in [-0.15, -0.1) is 0 Å². The van der Waals surface area contributed by atoms with Crippen LogP contribution in [0.1, 0.15) is 15.9 Å². The number of quaternary nitrogens is 1. The number of carbonyl (C=O) groups excluding carboxylic acids is 1. The van der Waals surface area contributed by atoms with E-state index in [9.17, 15) is 9.90 Å². The smallest absolute Gasteiger partial charge is 0.153 e. The van der Waals surface area contributed by atoms with Gasteiger partial charge in [0.1, 0.15) is 24.9 Å². The quantitative estimate of drug-likeness (QED) is 0.328. The van der Waals surface area contributed by atoms with Crippen LogP contribution in [-0.4, -0.2) is 48.2 Å². The third kappa shape index (κ3) is 4.03. The molecule has 0 spiro atoms. The minimum atomic E-state index is 0.0183. The zero-order valence-corrected chi connectivity index (χ0v) is 12.2. The van der Waals surface area contributed by atoms with Gasteiger partial charge in [-0.1, -0.05) is 13.2 Å². The van der Waals surface area contributed by atoms with Gasteiger partial charge in [-0.3, -0.25) is 4.79 Å². The number of hydrogen-bond acceptors (Lipinski definition) is 3. The van der Waals surface area contributed by atoms with Crippen LogP contribution in [-0.2, 0) is 11.3 Å². The maximum Gasteiger partial charge on any atom is 0.153 e. The van der Waals surface area contributed by atoms with E-state index in [1.54, 1.807) is 12.1 Å². The highest BCUT2D eigenvalue weighted by molar-refractivity contribution is 5.79. The number of ether oxygens (including phenoxy) is 1. The van der Waals surface area contributed by atoms with Crippen LogP contribution in [0.3, 0.4) is 0 Å². The Kier molecular flexibility index (Phi) is 4.94. The predicted molar refractivity (Wildman–Crippen MR) is 82.2 cm³/mol. The molecule has 0 radical (unpaired) electrons. The summed E-state index contributed by atoms with van der Waals surface area (Å²) in [7, 11) is 0. The van der Waals surface area contributed by atoms with E-state index >= 15 is 0 Å². The summed E-state index contributed by atoms with van der Waals surface area (Å²) < 4.78 is 6.14. The van der Waals surface area contributed by atoms with E-state index in [2.05, 4.69) is 13.2 Å². The van der Waals surface area contributed by atoms with Gasteiger partial charge in [0.2, 0.25) is 0 Å². The summed E-state index contributed by atoms with van der Waals surface area (Å²) >= 11 is 0. The van der Waals surface area contributed by atoms with Crippen LogP contribution in [0.5, 0.6) is 5.75 Å². The van der Waals surface area contributed by atoms with Crippen molar-refractivity contribution in [1.82, 2.24) is 0 Å². The van der Waals surface area contributed by atoms with Crippen molar-refractivity contribution in [3.63, 3.8) is 0 Å². The van der Waals surface area contributed by atoms with E-state index in [1.165, 1.54) is 0 Å². The molecule has 1 atom stereocenters. The maximum atomic E-state index is 11.0. The Bertz CT molecular complexity index is 525. The highest BCUT2D eigenvalue weighted by atomic mass is 16.6. The third-order valence-corrected chi connectivity index (χ3v) is 3.76. The first kappa shape index (κ1) is 15.5. The summed E-state index contributed by atoms with van der Waals surface area (Å²) in [5.74, 6) is 0.0183. The number of aromatic hydroxyl groups is 1. The summed E-state index contributed by atoms with van der Waals surface area (Å²) in [4.78, 5) is 11.0. The molecular formula is C17H22NO3+. The van der Waals surface area contributed by atoms with E-state index < -0.39 is 0 Å². The fourth-order valence-electron chi connectivity index (χ4n) is 2.75. The van der Waals surface area contributed by atoms with E-state index in [1.807, 2.05) is 18.2 Å².